The monoisotopic (exact) mass is 444 g/mol. The predicted octanol–water partition coefficient (Wildman–Crippen LogP) is 3.22. The summed E-state index contributed by atoms with van der Waals surface area (Å²) < 4.78 is 15.0. The van der Waals surface area contributed by atoms with Crippen LogP contribution >= 0.6 is 0 Å². The molecule has 164 valence electrons. The number of aromatic carboxylic acids is 1. The maximum absolute atomic E-state index is 14.0. The molecule has 33 heavy (non-hydrogen) atoms. The summed E-state index contributed by atoms with van der Waals surface area (Å²) in [4.78, 5) is 33.7. The minimum atomic E-state index is -1.30. The van der Waals surface area contributed by atoms with E-state index in [9.17, 15) is 24.3 Å². The van der Waals surface area contributed by atoms with Gasteiger partial charge in [-0.05, 0) is 24.6 Å². The Labute approximate surface area is 186 Å². The van der Waals surface area contributed by atoms with E-state index in [2.05, 4.69) is 15.3 Å². The summed E-state index contributed by atoms with van der Waals surface area (Å²) in [7, 11) is 0. The first-order chi connectivity index (χ1) is 15.8. The third-order valence-corrected chi connectivity index (χ3v) is 5.19. The molecule has 9 nitrogen and oxygen atoms in total. The number of carbonyl (C=O) groups is 1. The molecule has 0 spiro atoms. The highest BCUT2D eigenvalue weighted by Gasteiger charge is 2.28. The van der Waals surface area contributed by atoms with E-state index < -0.39 is 23.4 Å². The van der Waals surface area contributed by atoms with Gasteiger partial charge in [-0.15, -0.1) is 0 Å². The van der Waals surface area contributed by atoms with E-state index in [1.165, 1.54) is 12.4 Å². The van der Waals surface area contributed by atoms with Crippen molar-refractivity contribution < 1.29 is 14.3 Å². The lowest BCUT2D eigenvalue weighted by molar-refractivity contribution is 0.0697. The smallest absolute Gasteiger partial charge is 0.338 e. The molecule has 4 aromatic rings. The second-order valence-corrected chi connectivity index (χ2v) is 7.20. The van der Waals surface area contributed by atoms with Crippen LogP contribution in [0.25, 0.3) is 16.6 Å². The molecule has 1 unspecified atom stereocenters. The summed E-state index contributed by atoms with van der Waals surface area (Å²) in [6, 6.07) is 11.9. The van der Waals surface area contributed by atoms with Gasteiger partial charge in [0.05, 0.1) is 22.7 Å². The number of benzene rings is 1. The van der Waals surface area contributed by atoms with Crippen LogP contribution in [0.4, 0.5) is 16.0 Å². The minimum Gasteiger partial charge on any atom is -0.478 e. The zero-order valence-corrected chi connectivity index (χ0v) is 17.3. The molecular weight excluding hydrogens is 427 g/mol. The number of carboxylic acids is 1. The Balaban J connectivity index is 2.06. The zero-order chi connectivity index (χ0) is 23.7. The van der Waals surface area contributed by atoms with E-state index in [1.54, 1.807) is 37.3 Å². The second kappa shape index (κ2) is 8.39. The Morgan fingerprint density at radius 3 is 2.64 bits per heavy atom. The highest BCUT2D eigenvalue weighted by Crippen LogP contribution is 2.33. The van der Waals surface area contributed by atoms with Crippen LogP contribution in [-0.2, 0) is 0 Å². The van der Waals surface area contributed by atoms with Crippen molar-refractivity contribution in [1.82, 2.24) is 14.4 Å². The fraction of sp³-hybridized carbons (Fsp3) is 0.0870. The maximum atomic E-state index is 14.0. The number of nitrogens with two attached hydrogens (primary N) is 1. The van der Waals surface area contributed by atoms with Gasteiger partial charge in [0, 0.05) is 11.8 Å². The predicted molar refractivity (Wildman–Crippen MR) is 119 cm³/mol. The summed E-state index contributed by atoms with van der Waals surface area (Å²) in [5, 5.41) is 22.5. The minimum absolute atomic E-state index is 0.0120. The van der Waals surface area contributed by atoms with Crippen LogP contribution in [0.3, 0.4) is 0 Å². The van der Waals surface area contributed by atoms with Gasteiger partial charge in [-0.25, -0.2) is 19.2 Å². The van der Waals surface area contributed by atoms with E-state index in [0.29, 0.717) is 5.56 Å². The van der Waals surface area contributed by atoms with Crippen LogP contribution in [0.1, 0.15) is 34.5 Å². The number of hydrogen-bond acceptors (Lipinski definition) is 7. The van der Waals surface area contributed by atoms with Crippen molar-refractivity contribution in [3.8, 4) is 17.2 Å². The van der Waals surface area contributed by atoms with Gasteiger partial charge in [-0.3, -0.25) is 9.20 Å². The summed E-state index contributed by atoms with van der Waals surface area (Å²) in [6.45, 7) is 1.63. The number of aromatic nitrogens is 3. The van der Waals surface area contributed by atoms with Crippen molar-refractivity contribution in [1.29, 1.82) is 5.26 Å². The molecule has 0 aliphatic rings. The first-order valence-corrected chi connectivity index (χ1v) is 9.77. The van der Waals surface area contributed by atoms with Gasteiger partial charge in [0.25, 0.3) is 5.56 Å². The van der Waals surface area contributed by atoms with Crippen molar-refractivity contribution in [2.45, 2.75) is 13.0 Å². The number of nitrogens with one attached hydrogen (secondary N) is 1. The first-order valence-electron chi connectivity index (χ1n) is 9.77. The van der Waals surface area contributed by atoms with Crippen molar-refractivity contribution in [2.75, 3.05) is 11.1 Å². The maximum Gasteiger partial charge on any atom is 0.338 e. The molecule has 10 heteroatoms. The van der Waals surface area contributed by atoms with Crippen molar-refractivity contribution in [3.05, 3.63) is 87.9 Å². The van der Waals surface area contributed by atoms with Crippen molar-refractivity contribution in [3.63, 3.8) is 0 Å². The van der Waals surface area contributed by atoms with Crippen LogP contribution in [0, 0.1) is 17.1 Å². The number of rotatable bonds is 5. The third-order valence-electron chi connectivity index (χ3n) is 5.19. The van der Waals surface area contributed by atoms with E-state index >= 15 is 0 Å². The van der Waals surface area contributed by atoms with Gasteiger partial charge in [0.2, 0.25) is 0 Å². The Bertz CT molecular complexity index is 1490. The molecule has 0 aliphatic carbocycles. The van der Waals surface area contributed by atoms with Gasteiger partial charge in [0.15, 0.2) is 0 Å². The van der Waals surface area contributed by atoms with Gasteiger partial charge >= 0.3 is 5.97 Å². The first kappa shape index (κ1) is 21.5. The van der Waals surface area contributed by atoms with Crippen molar-refractivity contribution in [2.24, 2.45) is 0 Å². The largest absolute Gasteiger partial charge is 0.478 e. The number of anilines is 2. The Morgan fingerprint density at radius 1 is 1.24 bits per heavy atom. The fourth-order valence-corrected chi connectivity index (χ4v) is 3.78. The highest BCUT2D eigenvalue weighted by atomic mass is 19.1. The molecule has 0 aliphatic heterocycles. The molecule has 0 saturated carbocycles. The SMILES string of the molecule is CC(Nc1ncnc(N)c1C#N)c1c(-c2ccccc2)c(=O)n2cc(F)ccc2c1C(=O)O. The molecule has 1 atom stereocenters. The molecule has 3 heterocycles. The van der Waals surface area contributed by atoms with Crippen LogP contribution in [0.15, 0.2) is 59.8 Å². The molecule has 4 rings (SSSR count). The summed E-state index contributed by atoms with van der Waals surface area (Å²) in [5.74, 6) is -1.94. The van der Waals surface area contributed by atoms with Gasteiger partial charge in [-0.2, -0.15) is 5.26 Å². The number of nitrogen functional groups attached to an aromatic ring is 1. The van der Waals surface area contributed by atoms with Gasteiger partial charge in [0.1, 0.15) is 35.4 Å². The van der Waals surface area contributed by atoms with Crippen LogP contribution in [0.5, 0.6) is 0 Å². The number of pyridine rings is 2. The van der Waals surface area contributed by atoms with Gasteiger partial charge in [-0.1, -0.05) is 30.3 Å². The molecule has 0 fully saturated rings. The number of halogens is 1. The summed E-state index contributed by atoms with van der Waals surface area (Å²) >= 11 is 0. The van der Waals surface area contributed by atoms with Crippen molar-refractivity contribution >= 4 is 23.1 Å². The highest BCUT2D eigenvalue weighted by molar-refractivity contribution is 6.00. The molecule has 0 amide bonds. The Hall–Kier alpha value is -4.78. The molecule has 1 aromatic carbocycles. The number of carboxylic acid groups (broad SMARTS) is 1. The molecule has 0 radical (unpaired) electrons. The second-order valence-electron chi connectivity index (χ2n) is 7.20. The number of nitriles is 1. The van der Waals surface area contributed by atoms with Crippen LogP contribution < -0.4 is 16.6 Å². The lowest BCUT2D eigenvalue weighted by atomic mass is 9.91. The van der Waals surface area contributed by atoms with E-state index in [4.69, 9.17) is 5.73 Å². The standard InChI is InChI=1S/C23H17FN6O3/c1-12(29-21-15(9-25)20(26)27-11-28-21)17-18(13-5-3-2-4-6-13)22(31)30-10-14(24)7-8-16(30)19(17)23(32)33/h2-8,10-12H,1H3,(H,32,33)(H3,26,27,28,29). The van der Waals surface area contributed by atoms with Crippen LogP contribution in [0.2, 0.25) is 0 Å². The molecule has 0 saturated heterocycles. The van der Waals surface area contributed by atoms with E-state index in [1.807, 2.05) is 6.07 Å². The quantitative estimate of drug-likeness (QED) is 0.425. The zero-order valence-electron chi connectivity index (χ0n) is 17.3. The molecular formula is C23H17FN6O3. The third kappa shape index (κ3) is 3.72. The molecule has 0 bridgehead atoms. The number of nitrogens with zero attached hydrogens (tertiary/aromatic N) is 4. The number of fused-ring (bicyclic) bond motifs is 1. The van der Waals surface area contributed by atoms with E-state index in [-0.39, 0.29) is 39.4 Å². The lowest BCUT2D eigenvalue weighted by Gasteiger charge is -2.23. The fourth-order valence-electron chi connectivity index (χ4n) is 3.78. The Kier molecular flexibility index (Phi) is 5.46. The average Bonchev–Trinajstić information content (AvgIpc) is 2.79. The Morgan fingerprint density at radius 2 is 1.97 bits per heavy atom. The lowest BCUT2D eigenvalue weighted by Crippen LogP contribution is -2.26. The number of hydrogen-bond donors (Lipinski definition) is 3. The molecule has 3 aromatic heterocycles. The molecule has 4 N–H and O–H groups in total. The summed E-state index contributed by atoms with van der Waals surface area (Å²) in [6.07, 6.45) is 2.12. The average molecular weight is 444 g/mol. The van der Waals surface area contributed by atoms with E-state index in [0.717, 1.165) is 16.7 Å². The van der Waals surface area contributed by atoms with Gasteiger partial charge < -0.3 is 16.2 Å². The normalized spacial score (nSPS) is 11.7. The topological polar surface area (TPSA) is 146 Å². The van der Waals surface area contributed by atoms with Crippen LogP contribution in [-0.4, -0.2) is 25.4 Å². The summed E-state index contributed by atoms with van der Waals surface area (Å²) in [5.41, 5.74) is 5.69.